The number of hydrogen-bond donors (Lipinski definition) is 1. The van der Waals surface area contributed by atoms with Crippen LogP contribution in [0.4, 0.5) is 15.9 Å². The number of benzene rings is 1. The third-order valence-corrected chi connectivity index (χ3v) is 3.02. The Morgan fingerprint density at radius 2 is 1.61 bits per heavy atom. The van der Waals surface area contributed by atoms with Crippen molar-refractivity contribution in [2.75, 3.05) is 5.32 Å². The Morgan fingerprint density at radius 1 is 1.00 bits per heavy atom. The molecule has 2 rings (SSSR count). The fraction of sp³-hybridized carbons (Fsp3) is 0. The summed E-state index contributed by atoms with van der Waals surface area (Å²) in [6.07, 6.45) is 1.32. The summed E-state index contributed by atoms with van der Waals surface area (Å²) < 4.78 is 13.0. The summed E-state index contributed by atoms with van der Waals surface area (Å²) in [6.45, 7) is 0. The average Bonchev–Trinajstić information content (AvgIpc) is 2.28. The molecule has 2 aromatic rings. The van der Waals surface area contributed by atoms with Gasteiger partial charge in [-0.15, -0.1) is 0 Å². The fourth-order valence-electron chi connectivity index (χ4n) is 1.21. The molecule has 1 N–H and O–H groups in total. The zero-order valence-electron chi connectivity index (χ0n) is 8.52. The maximum absolute atomic E-state index is 13.0. The van der Waals surface area contributed by atoms with Gasteiger partial charge < -0.3 is 5.32 Å². The van der Waals surface area contributed by atoms with Crippen LogP contribution in [0.1, 0.15) is 0 Å². The Hall–Kier alpha value is -0.810. The Bertz CT molecular complexity index is 583. The predicted molar refractivity (Wildman–Crippen MR) is 71.8 cm³/mol. The quantitative estimate of drug-likeness (QED) is 0.791. The third-order valence-electron chi connectivity index (χ3n) is 1.96. The Morgan fingerprint density at radius 3 is 2.22 bits per heavy atom. The SMILES string of the molecule is Fc1cc(Cl)c(Nc2nc(Cl)ncc2Cl)c(Cl)c1. The molecular formula is C10H4Cl4FN3. The molecule has 0 radical (unpaired) electrons. The highest BCUT2D eigenvalue weighted by atomic mass is 35.5. The molecule has 94 valence electrons. The summed E-state index contributed by atoms with van der Waals surface area (Å²) in [4.78, 5) is 7.57. The monoisotopic (exact) mass is 325 g/mol. The van der Waals surface area contributed by atoms with E-state index in [1.54, 1.807) is 0 Å². The second-order valence-electron chi connectivity index (χ2n) is 3.21. The maximum Gasteiger partial charge on any atom is 0.224 e. The first-order valence-corrected chi connectivity index (χ1v) is 6.08. The van der Waals surface area contributed by atoms with Crippen molar-refractivity contribution in [3.05, 3.63) is 44.5 Å². The van der Waals surface area contributed by atoms with Gasteiger partial charge in [0.2, 0.25) is 5.28 Å². The minimum atomic E-state index is -0.539. The van der Waals surface area contributed by atoms with Crippen molar-refractivity contribution in [1.29, 1.82) is 0 Å². The first kappa shape index (κ1) is 13.6. The number of aromatic nitrogens is 2. The standard InChI is InChI=1S/C10H4Cl4FN3/c11-5-1-4(15)2-6(12)8(5)17-9-7(13)3-16-10(14)18-9/h1-3H,(H,16,17,18). The van der Waals surface area contributed by atoms with Crippen molar-refractivity contribution in [3.63, 3.8) is 0 Å². The van der Waals surface area contributed by atoms with Crippen molar-refractivity contribution in [1.82, 2.24) is 9.97 Å². The normalized spacial score (nSPS) is 10.5. The van der Waals surface area contributed by atoms with Gasteiger partial charge in [0, 0.05) is 0 Å². The Kier molecular flexibility index (Phi) is 4.12. The lowest BCUT2D eigenvalue weighted by molar-refractivity contribution is 0.628. The number of nitrogens with zero attached hydrogens (tertiary/aromatic N) is 2. The molecule has 0 unspecified atom stereocenters. The smallest absolute Gasteiger partial charge is 0.224 e. The lowest BCUT2D eigenvalue weighted by Crippen LogP contribution is -1.98. The van der Waals surface area contributed by atoms with E-state index in [-0.39, 0.29) is 31.9 Å². The van der Waals surface area contributed by atoms with Gasteiger partial charge in [0.1, 0.15) is 10.8 Å². The second kappa shape index (κ2) is 5.45. The fourth-order valence-corrected chi connectivity index (χ4v) is 2.04. The van der Waals surface area contributed by atoms with E-state index >= 15 is 0 Å². The van der Waals surface area contributed by atoms with Gasteiger partial charge in [-0.05, 0) is 23.7 Å². The number of anilines is 2. The summed E-state index contributed by atoms with van der Waals surface area (Å²) in [5.41, 5.74) is 0.288. The number of hydrogen-bond acceptors (Lipinski definition) is 3. The predicted octanol–water partition coefficient (Wildman–Crippen LogP) is 4.97. The van der Waals surface area contributed by atoms with Crippen LogP contribution in [0.15, 0.2) is 18.3 Å². The summed E-state index contributed by atoms with van der Waals surface area (Å²) in [5, 5.41) is 3.23. The van der Waals surface area contributed by atoms with Crippen LogP contribution >= 0.6 is 46.4 Å². The summed E-state index contributed by atoms with van der Waals surface area (Å²) in [6, 6.07) is 2.24. The van der Waals surface area contributed by atoms with Crippen molar-refractivity contribution in [2.45, 2.75) is 0 Å². The molecule has 1 aromatic heterocycles. The van der Waals surface area contributed by atoms with Crippen LogP contribution in [0, 0.1) is 5.82 Å². The van der Waals surface area contributed by atoms with Crippen LogP contribution in [-0.2, 0) is 0 Å². The van der Waals surface area contributed by atoms with Gasteiger partial charge >= 0.3 is 0 Å². The van der Waals surface area contributed by atoms with E-state index < -0.39 is 5.82 Å². The van der Waals surface area contributed by atoms with Crippen molar-refractivity contribution in [3.8, 4) is 0 Å². The molecule has 0 saturated carbocycles. The zero-order valence-corrected chi connectivity index (χ0v) is 11.5. The Labute approximate surface area is 122 Å². The number of rotatable bonds is 2. The molecule has 0 atom stereocenters. The minimum absolute atomic E-state index is 0.0104. The maximum atomic E-state index is 13.0. The van der Waals surface area contributed by atoms with Gasteiger partial charge in [-0.1, -0.05) is 34.8 Å². The number of halogens is 5. The molecule has 1 heterocycles. The molecule has 0 amide bonds. The molecule has 1 aromatic carbocycles. The molecule has 0 aliphatic carbocycles. The average molecular weight is 327 g/mol. The molecule has 18 heavy (non-hydrogen) atoms. The molecular weight excluding hydrogens is 323 g/mol. The van der Waals surface area contributed by atoms with E-state index in [0.29, 0.717) is 0 Å². The van der Waals surface area contributed by atoms with Crippen LogP contribution in [0.5, 0.6) is 0 Å². The van der Waals surface area contributed by atoms with Crippen LogP contribution in [0.25, 0.3) is 0 Å². The van der Waals surface area contributed by atoms with E-state index in [2.05, 4.69) is 15.3 Å². The minimum Gasteiger partial charge on any atom is -0.336 e. The summed E-state index contributed by atoms with van der Waals surface area (Å²) in [7, 11) is 0. The van der Waals surface area contributed by atoms with Gasteiger partial charge in [-0.2, -0.15) is 4.98 Å². The van der Waals surface area contributed by atoms with Crippen molar-refractivity contribution >= 4 is 57.9 Å². The molecule has 0 fully saturated rings. The molecule has 0 spiro atoms. The second-order valence-corrected chi connectivity index (χ2v) is 4.76. The van der Waals surface area contributed by atoms with Crippen molar-refractivity contribution in [2.24, 2.45) is 0 Å². The third kappa shape index (κ3) is 2.95. The molecule has 8 heteroatoms. The zero-order chi connectivity index (χ0) is 13.3. The van der Waals surface area contributed by atoms with Crippen molar-refractivity contribution < 1.29 is 4.39 Å². The van der Waals surface area contributed by atoms with Crippen LogP contribution in [-0.4, -0.2) is 9.97 Å². The van der Waals surface area contributed by atoms with E-state index in [9.17, 15) is 4.39 Å². The van der Waals surface area contributed by atoms with Gasteiger partial charge in [0.05, 0.1) is 21.9 Å². The van der Waals surface area contributed by atoms with Gasteiger partial charge in [0.15, 0.2) is 5.82 Å². The molecule has 0 saturated heterocycles. The van der Waals surface area contributed by atoms with E-state index in [0.717, 1.165) is 12.1 Å². The first-order valence-electron chi connectivity index (χ1n) is 4.57. The highest BCUT2D eigenvalue weighted by Crippen LogP contribution is 2.35. The lowest BCUT2D eigenvalue weighted by atomic mass is 10.3. The van der Waals surface area contributed by atoms with Gasteiger partial charge in [0.25, 0.3) is 0 Å². The summed E-state index contributed by atoms with van der Waals surface area (Å²) >= 11 is 23.3. The highest BCUT2D eigenvalue weighted by molar-refractivity contribution is 6.39. The van der Waals surface area contributed by atoms with Crippen LogP contribution in [0.3, 0.4) is 0 Å². The lowest BCUT2D eigenvalue weighted by Gasteiger charge is -2.10. The van der Waals surface area contributed by atoms with Crippen LogP contribution in [0.2, 0.25) is 20.4 Å². The molecule has 0 aliphatic heterocycles. The molecule has 3 nitrogen and oxygen atoms in total. The van der Waals surface area contributed by atoms with E-state index in [4.69, 9.17) is 46.4 Å². The van der Waals surface area contributed by atoms with Crippen LogP contribution < -0.4 is 5.32 Å². The topological polar surface area (TPSA) is 37.8 Å². The highest BCUT2D eigenvalue weighted by Gasteiger charge is 2.12. The largest absolute Gasteiger partial charge is 0.336 e. The number of nitrogens with one attached hydrogen (secondary N) is 1. The van der Waals surface area contributed by atoms with Gasteiger partial charge in [-0.25, -0.2) is 9.37 Å². The molecule has 0 aliphatic rings. The van der Waals surface area contributed by atoms with E-state index in [1.165, 1.54) is 6.20 Å². The van der Waals surface area contributed by atoms with E-state index in [1.807, 2.05) is 0 Å². The summed E-state index contributed by atoms with van der Waals surface area (Å²) in [5.74, 6) is -0.311. The first-order chi connectivity index (χ1) is 8.47. The Balaban J connectivity index is 2.43. The van der Waals surface area contributed by atoms with Gasteiger partial charge in [-0.3, -0.25) is 0 Å². The molecule has 0 bridgehead atoms.